The molecule has 1 aliphatic rings. The predicted octanol–water partition coefficient (Wildman–Crippen LogP) is 2.03. The summed E-state index contributed by atoms with van der Waals surface area (Å²) in [5.74, 6) is 1.10. The fourth-order valence-corrected chi connectivity index (χ4v) is 1.41. The minimum atomic E-state index is 0.0194. The van der Waals surface area contributed by atoms with Crippen molar-refractivity contribution in [2.45, 2.75) is 26.9 Å². The highest BCUT2D eigenvalue weighted by Crippen LogP contribution is 2.37. The molecular formula is C8H13N5. The number of aromatic nitrogens is 2. The van der Waals surface area contributed by atoms with Gasteiger partial charge in [0.25, 0.3) is 0 Å². The van der Waals surface area contributed by atoms with Crippen molar-refractivity contribution < 1.29 is 0 Å². The van der Waals surface area contributed by atoms with Crippen LogP contribution in [-0.2, 0) is 0 Å². The zero-order valence-corrected chi connectivity index (χ0v) is 8.02. The van der Waals surface area contributed by atoms with Crippen molar-refractivity contribution in [3.8, 4) is 0 Å². The molecule has 2 N–H and O–H groups in total. The van der Waals surface area contributed by atoms with E-state index in [0.29, 0.717) is 17.4 Å². The number of hydrogen-bond donors (Lipinski definition) is 1. The van der Waals surface area contributed by atoms with Crippen LogP contribution >= 0.6 is 0 Å². The maximum Gasteiger partial charge on any atom is 0.198 e. The van der Waals surface area contributed by atoms with Gasteiger partial charge < -0.3 is 5.73 Å². The minimum Gasteiger partial charge on any atom is -0.394 e. The lowest BCUT2D eigenvalue weighted by atomic mass is 10.2. The molecule has 5 nitrogen and oxygen atoms in total. The number of nitrogens with zero attached hydrogens (tertiary/aromatic N) is 4. The molecule has 1 aromatic rings. The number of fused-ring (bicyclic) bond motifs is 1. The van der Waals surface area contributed by atoms with Gasteiger partial charge in [0.2, 0.25) is 0 Å². The van der Waals surface area contributed by atoms with E-state index in [1.807, 2.05) is 6.92 Å². The molecule has 0 saturated heterocycles. The predicted molar refractivity (Wildman–Crippen MR) is 49.8 cm³/mol. The summed E-state index contributed by atoms with van der Waals surface area (Å²) in [4.78, 5) is 0. The summed E-state index contributed by atoms with van der Waals surface area (Å²) in [6.45, 7) is 6.06. The molecule has 0 aromatic carbocycles. The van der Waals surface area contributed by atoms with Gasteiger partial charge in [-0.15, -0.1) is 5.11 Å². The normalized spacial score (nSPS) is 19.8. The van der Waals surface area contributed by atoms with E-state index in [0.717, 1.165) is 5.69 Å². The van der Waals surface area contributed by atoms with Crippen molar-refractivity contribution in [3.63, 3.8) is 0 Å². The molecule has 1 aromatic heterocycles. The largest absolute Gasteiger partial charge is 0.394 e. The van der Waals surface area contributed by atoms with Gasteiger partial charge in [-0.1, -0.05) is 13.8 Å². The zero-order valence-electron chi connectivity index (χ0n) is 8.02. The quantitative estimate of drug-likeness (QED) is 0.716. The van der Waals surface area contributed by atoms with Gasteiger partial charge in [-0.25, -0.2) is 4.68 Å². The van der Waals surface area contributed by atoms with Crippen molar-refractivity contribution in [1.29, 1.82) is 0 Å². The van der Waals surface area contributed by atoms with Gasteiger partial charge >= 0.3 is 0 Å². The lowest BCUT2D eigenvalue weighted by Gasteiger charge is -2.10. The van der Waals surface area contributed by atoms with E-state index >= 15 is 0 Å². The average Bonchev–Trinajstić information content (AvgIpc) is 2.55. The van der Waals surface area contributed by atoms with E-state index in [1.165, 1.54) is 0 Å². The molecule has 0 bridgehead atoms. The van der Waals surface area contributed by atoms with Crippen molar-refractivity contribution in [1.82, 2.24) is 9.78 Å². The van der Waals surface area contributed by atoms with E-state index in [9.17, 15) is 0 Å². The van der Waals surface area contributed by atoms with Gasteiger partial charge in [-0.2, -0.15) is 10.2 Å². The van der Waals surface area contributed by atoms with E-state index < -0.39 is 0 Å². The third-order valence-corrected chi connectivity index (χ3v) is 2.22. The molecule has 0 saturated carbocycles. The molecular weight excluding hydrogens is 166 g/mol. The Morgan fingerprint density at radius 1 is 1.46 bits per heavy atom. The lowest BCUT2D eigenvalue weighted by molar-refractivity contribution is 0.373. The van der Waals surface area contributed by atoms with E-state index in [4.69, 9.17) is 5.73 Å². The second-order valence-corrected chi connectivity index (χ2v) is 3.64. The van der Waals surface area contributed by atoms with Crippen LogP contribution < -0.4 is 5.73 Å². The summed E-state index contributed by atoms with van der Waals surface area (Å²) in [6, 6.07) is 0. The maximum absolute atomic E-state index is 5.78. The highest BCUT2D eigenvalue weighted by atomic mass is 15.5. The molecule has 2 rings (SSSR count). The van der Waals surface area contributed by atoms with E-state index in [1.54, 1.807) is 4.68 Å². The number of rotatable bonds is 1. The van der Waals surface area contributed by atoms with Crippen LogP contribution in [0.4, 0.5) is 11.5 Å². The van der Waals surface area contributed by atoms with Gasteiger partial charge in [0.05, 0.1) is 5.69 Å². The maximum atomic E-state index is 5.78. The Hall–Kier alpha value is -1.39. The molecule has 2 heterocycles. The summed E-state index contributed by atoms with van der Waals surface area (Å²) < 4.78 is 1.80. The van der Waals surface area contributed by atoms with Crippen LogP contribution in [0.1, 0.15) is 25.7 Å². The van der Waals surface area contributed by atoms with E-state index in [2.05, 4.69) is 29.2 Å². The van der Waals surface area contributed by atoms with Gasteiger partial charge in [0, 0.05) is 0 Å². The van der Waals surface area contributed by atoms with Crippen LogP contribution in [0.15, 0.2) is 10.2 Å². The second kappa shape index (κ2) is 2.55. The summed E-state index contributed by atoms with van der Waals surface area (Å²) in [5, 5.41) is 12.4. The monoisotopic (exact) mass is 179 g/mol. The van der Waals surface area contributed by atoms with Gasteiger partial charge in [0.1, 0.15) is 5.69 Å². The number of aryl methyl sites for hydroxylation is 1. The summed E-state index contributed by atoms with van der Waals surface area (Å²) in [7, 11) is 0. The molecule has 0 aliphatic carbocycles. The van der Waals surface area contributed by atoms with Crippen molar-refractivity contribution in [3.05, 3.63) is 5.69 Å². The van der Waals surface area contributed by atoms with Crippen LogP contribution in [0.3, 0.4) is 0 Å². The smallest absolute Gasteiger partial charge is 0.198 e. The first kappa shape index (κ1) is 8.22. The molecule has 0 amide bonds. The minimum absolute atomic E-state index is 0.0194. The third-order valence-electron chi connectivity index (χ3n) is 2.22. The third kappa shape index (κ3) is 1.03. The van der Waals surface area contributed by atoms with Crippen LogP contribution in [-0.4, -0.2) is 9.78 Å². The van der Waals surface area contributed by atoms with Crippen molar-refractivity contribution in [2.75, 3.05) is 5.73 Å². The first-order valence-electron chi connectivity index (χ1n) is 4.36. The standard InChI is InChI=1S/C8H13N5/c1-4(2)7-10-11-8-6(9)5(3)12-13(7)8/h4,7H,9H2,1-3H3. The van der Waals surface area contributed by atoms with Gasteiger partial charge in [0.15, 0.2) is 12.0 Å². The topological polar surface area (TPSA) is 68.6 Å². The average molecular weight is 179 g/mol. The Morgan fingerprint density at radius 3 is 2.77 bits per heavy atom. The number of hydrogen-bond acceptors (Lipinski definition) is 4. The Morgan fingerprint density at radius 2 is 2.15 bits per heavy atom. The highest BCUT2D eigenvalue weighted by molar-refractivity contribution is 5.61. The first-order chi connectivity index (χ1) is 6.11. The SMILES string of the molecule is Cc1nn2c(c1N)N=NC2C(C)C. The fourth-order valence-electron chi connectivity index (χ4n) is 1.41. The number of nitrogen functional groups attached to an aromatic ring is 1. The molecule has 1 unspecified atom stereocenters. The summed E-state index contributed by atoms with van der Waals surface area (Å²) in [5.41, 5.74) is 7.26. The molecule has 0 radical (unpaired) electrons. The van der Waals surface area contributed by atoms with Crippen LogP contribution in [0.2, 0.25) is 0 Å². The van der Waals surface area contributed by atoms with E-state index in [-0.39, 0.29) is 6.17 Å². The first-order valence-corrected chi connectivity index (χ1v) is 4.36. The highest BCUT2D eigenvalue weighted by Gasteiger charge is 2.26. The fraction of sp³-hybridized carbons (Fsp3) is 0.625. The number of azo groups is 1. The Labute approximate surface area is 76.6 Å². The lowest BCUT2D eigenvalue weighted by Crippen LogP contribution is -2.10. The zero-order chi connectivity index (χ0) is 9.59. The Bertz CT molecular complexity index is 363. The molecule has 1 aliphatic heterocycles. The summed E-state index contributed by atoms with van der Waals surface area (Å²) >= 11 is 0. The molecule has 5 heteroatoms. The van der Waals surface area contributed by atoms with Crippen LogP contribution in [0, 0.1) is 12.8 Å². The van der Waals surface area contributed by atoms with Crippen molar-refractivity contribution >= 4 is 11.5 Å². The Balaban J connectivity index is 2.49. The van der Waals surface area contributed by atoms with Gasteiger partial charge in [-0.3, -0.25) is 0 Å². The number of nitrogens with two attached hydrogens (primary N) is 1. The van der Waals surface area contributed by atoms with Crippen LogP contribution in [0.5, 0.6) is 0 Å². The Kier molecular flexibility index (Phi) is 1.61. The molecule has 0 fully saturated rings. The van der Waals surface area contributed by atoms with Gasteiger partial charge in [-0.05, 0) is 12.8 Å². The molecule has 0 spiro atoms. The van der Waals surface area contributed by atoms with Crippen molar-refractivity contribution in [2.24, 2.45) is 16.1 Å². The van der Waals surface area contributed by atoms with Crippen LogP contribution in [0.25, 0.3) is 0 Å². The molecule has 1 atom stereocenters. The second-order valence-electron chi connectivity index (χ2n) is 3.64. The summed E-state index contributed by atoms with van der Waals surface area (Å²) in [6.07, 6.45) is 0.0194. The molecule has 13 heavy (non-hydrogen) atoms. The molecule has 70 valence electrons. The number of anilines is 1.